The zero-order valence-electron chi connectivity index (χ0n) is 33.3. The molecule has 0 spiro atoms. The molecule has 0 bridgehead atoms. The van der Waals surface area contributed by atoms with Gasteiger partial charge in [0.05, 0.1) is 25.3 Å². The number of aromatic nitrogens is 3. The Morgan fingerprint density at radius 3 is 2.45 bits per heavy atom. The summed E-state index contributed by atoms with van der Waals surface area (Å²) >= 11 is 1.26. The van der Waals surface area contributed by atoms with E-state index in [0.29, 0.717) is 44.9 Å². The van der Waals surface area contributed by atoms with Crippen molar-refractivity contribution in [1.29, 1.82) is 0 Å². The minimum atomic E-state index is -1.35. The van der Waals surface area contributed by atoms with Crippen molar-refractivity contribution in [2.45, 2.75) is 108 Å². The van der Waals surface area contributed by atoms with E-state index in [0.717, 1.165) is 46.4 Å². The molecule has 2 aromatic carbocycles. The van der Waals surface area contributed by atoms with Gasteiger partial charge >= 0.3 is 0 Å². The van der Waals surface area contributed by atoms with Crippen LogP contribution in [0.1, 0.15) is 85.2 Å². The van der Waals surface area contributed by atoms with Crippen LogP contribution in [0.4, 0.5) is 0 Å². The van der Waals surface area contributed by atoms with Gasteiger partial charge < -0.3 is 35.6 Å². The molecule has 3 amide bonds. The van der Waals surface area contributed by atoms with E-state index >= 15 is 0 Å². The summed E-state index contributed by atoms with van der Waals surface area (Å²) in [5.41, 5.74) is 4.69. The van der Waals surface area contributed by atoms with Crippen molar-refractivity contribution in [1.82, 2.24) is 35.4 Å². The predicted octanol–water partition coefficient (Wildman–Crippen LogP) is 2.28. The standard InChI is InChI=1S/C41H57N7O7S/c1-26-10-15-29(39-38(53)37(52)36(51)33(55-39)25-56-6)21-30(26)20-28-13-11-27(12-14-28)8-7-9-34(49)43-41(2,3)40(54)42-18-19-46(4)24-35(50)47(5)22-31-23-48(45-44-31)32-16-17-32/h10-15,21,23,32-33,36-39,51-53H,7-9,16-20,22,24H2,1-6H3,(H,42,54)(H,43,49)/t33?,36-,37+,38-,39+/m1/s1. The molecule has 2 aliphatic rings. The second-order valence-electron chi connectivity index (χ2n) is 15.6. The number of likely N-dealkylation sites (N-methyl/N-ethyl adjacent to an activating group) is 2. The van der Waals surface area contributed by atoms with E-state index in [9.17, 15) is 29.7 Å². The van der Waals surface area contributed by atoms with Crippen LogP contribution in [0.25, 0.3) is 0 Å². The first-order valence-electron chi connectivity index (χ1n) is 19.2. The van der Waals surface area contributed by atoms with Crippen LogP contribution < -0.4 is 10.6 Å². The summed E-state index contributed by atoms with van der Waals surface area (Å²) in [7, 11) is 3.56. The maximum atomic E-state index is 13.0. The highest BCUT2D eigenvalue weighted by Crippen LogP contribution is 2.34. The Kier molecular flexibility index (Phi) is 14.8. The summed E-state index contributed by atoms with van der Waals surface area (Å²) in [5.74, 6) is -0.561. The van der Waals surface area contributed by atoms with Gasteiger partial charge in [-0.2, -0.15) is 0 Å². The average Bonchev–Trinajstić information content (AvgIpc) is 3.91. The summed E-state index contributed by atoms with van der Waals surface area (Å²) < 4.78 is 7.83. The average molecular weight is 792 g/mol. The Morgan fingerprint density at radius 1 is 1.04 bits per heavy atom. The number of hydrogen-bond donors (Lipinski definition) is 5. The van der Waals surface area contributed by atoms with Crippen molar-refractivity contribution in [3.05, 3.63) is 82.2 Å². The van der Waals surface area contributed by atoms with Crippen molar-refractivity contribution in [2.75, 3.05) is 40.0 Å². The maximum Gasteiger partial charge on any atom is 0.245 e. The number of aryl methyl sites for hydroxylation is 2. The van der Waals surface area contributed by atoms with Gasteiger partial charge in [-0.15, -0.1) is 16.3 Å². The van der Waals surface area contributed by atoms with Crippen LogP contribution in [-0.4, -0.2) is 128 Å². The van der Waals surface area contributed by atoms with Crippen LogP contribution in [0.15, 0.2) is 48.7 Å². The molecular formula is C41H57N7O7S. The number of aliphatic hydroxyl groups is 3. The van der Waals surface area contributed by atoms with E-state index < -0.39 is 36.1 Å². The molecule has 15 heteroatoms. The molecule has 304 valence electrons. The van der Waals surface area contributed by atoms with Gasteiger partial charge in [-0.25, -0.2) is 4.68 Å². The van der Waals surface area contributed by atoms with Crippen LogP contribution in [-0.2, 0) is 38.5 Å². The summed E-state index contributed by atoms with van der Waals surface area (Å²) in [6, 6.07) is 14.5. The van der Waals surface area contributed by atoms with Gasteiger partial charge in [0.15, 0.2) is 0 Å². The van der Waals surface area contributed by atoms with Crippen LogP contribution >= 0.6 is 11.2 Å². The zero-order valence-corrected chi connectivity index (χ0v) is 34.1. The van der Waals surface area contributed by atoms with Gasteiger partial charge in [-0.05, 0) is 87.7 Å². The molecule has 5 atom stereocenters. The number of nitrogens with one attached hydrogen (secondary N) is 2. The lowest BCUT2D eigenvalue weighted by molar-refractivity contribution is -0.209. The molecule has 3 aromatic rings. The quantitative estimate of drug-likeness (QED) is 0.136. The summed E-state index contributed by atoms with van der Waals surface area (Å²) in [6.45, 7) is 6.74. The van der Waals surface area contributed by atoms with Crippen LogP contribution in [0.5, 0.6) is 0 Å². The predicted molar refractivity (Wildman–Crippen MR) is 214 cm³/mol. The van der Waals surface area contributed by atoms with Crippen molar-refractivity contribution in [3.63, 3.8) is 0 Å². The monoisotopic (exact) mass is 791 g/mol. The third-order valence-electron chi connectivity index (χ3n) is 10.3. The first kappa shape index (κ1) is 42.9. The molecular weight excluding hydrogens is 735 g/mol. The summed E-state index contributed by atoms with van der Waals surface area (Å²) in [4.78, 5) is 42.0. The van der Waals surface area contributed by atoms with Crippen molar-refractivity contribution >= 4 is 28.9 Å². The van der Waals surface area contributed by atoms with Gasteiger partial charge in [0, 0.05) is 32.8 Å². The van der Waals surface area contributed by atoms with Crippen molar-refractivity contribution in [2.24, 2.45) is 0 Å². The number of amides is 3. The first-order chi connectivity index (χ1) is 26.6. The number of aliphatic hydroxyl groups excluding tert-OH is 3. The number of rotatable bonds is 17. The number of benzene rings is 2. The SMILES string of the molecule is CS#CC1O[C@@H](c2ccc(C)c(Cc3ccc(CCCC(=O)NC(C)(C)C(=O)NCCN(C)CC(=O)N(C)Cc4cn(C5CC5)nn4)cc3)c2)[C@H](O)[C@@H](O)[C@@H]1O. The second-order valence-corrected chi connectivity index (χ2v) is 16.3. The number of carbonyl (C=O) groups is 3. The minimum Gasteiger partial charge on any atom is -0.387 e. The van der Waals surface area contributed by atoms with E-state index in [1.165, 1.54) is 11.2 Å². The van der Waals surface area contributed by atoms with Gasteiger partial charge in [-0.1, -0.05) is 52.9 Å². The Hall–Kier alpha value is -4.21. The fourth-order valence-corrected chi connectivity index (χ4v) is 7.07. The van der Waals surface area contributed by atoms with Gasteiger partial charge in [0.25, 0.3) is 0 Å². The van der Waals surface area contributed by atoms with Crippen LogP contribution in [0, 0.1) is 12.1 Å². The molecule has 5 N–H and O–H groups in total. The zero-order chi connectivity index (χ0) is 40.6. The van der Waals surface area contributed by atoms with E-state index in [4.69, 9.17) is 4.74 Å². The fraction of sp³-hybridized carbons (Fsp3) is 0.561. The van der Waals surface area contributed by atoms with Crippen LogP contribution in [0.3, 0.4) is 0 Å². The highest BCUT2D eigenvalue weighted by atomic mass is 32.1. The number of carbonyl (C=O) groups excluding carboxylic acids is 3. The van der Waals surface area contributed by atoms with Gasteiger partial charge in [0.1, 0.15) is 41.8 Å². The maximum absolute atomic E-state index is 13.0. The summed E-state index contributed by atoms with van der Waals surface area (Å²) in [5, 5.41) is 48.5. The van der Waals surface area contributed by atoms with Gasteiger partial charge in [-0.3, -0.25) is 19.3 Å². The van der Waals surface area contributed by atoms with E-state index in [2.05, 4.69) is 50.4 Å². The summed E-state index contributed by atoms with van der Waals surface area (Å²) in [6.07, 6.45) is 2.63. The number of nitrogens with zero attached hydrogens (tertiary/aromatic N) is 5. The molecule has 1 unspecified atom stereocenters. The molecule has 1 aliphatic carbocycles. The third kappa shape index (κ3) is 11.7. The van der Waals surface area contributed by atoms with E-state index in [-0.39, 0.29) is 30.7 Å². The Labute approximate surface area is 333 Å². The largest absolute Gasteiger partial charge is 0.387 e. The molecule has 0 radical (unpaired) electrons. The lowest BCUT2D eigenvalue weighted by atomic mass is 9.89. The molecule has 14 nitrogen and oxygen atoms in total. The van der Waals surface area contributed by atoms with Gasteiger partial charge in [0.2, 0.25) is 17.7 Å². The minimum absolute atomic E-state index is 0.0591. The van der Waals surface area contributed by atoms with Crippen molar-refractivity contribution in [3.8, 4) is 5.18 Å². The number of ether oxygens (including phenoxy) is 1. The lowest BCUT2D eigenvalue weighted by Crippen LogP contribution is -2.55. The van der Waals surface area contributed by atoms with E-state index in [1.54, 1.807) is 32.1 Å². The highest BCUT2D eigenvalue weighted by Gasteiger charge is 2.43. The van der Waals surface area contributed by atoms with E-state index in [1.807, 2.05) is 47.9 Å². The molecule has 1 aromatic heterocycles. The Morgan fingerprint density at radius 2 is 1.75 bits per heavy atom. The Bertz CT molecular complexity index is 1890. The smallest absolute Gasteiger partial charge is 0.245 e. The molecule has 5 rings (SSSR count). The molecule has 1 saturated heterocycles. The normalized spacial score (nSPS) is 21.0. The molecule has 2 fully saturated rings. The molecule has 1 aliphatic heterocycles. The topological polar surface area (TPSA) is 182 Å². The van der Waals surface area contributed by atoms with Crippen molar-refractivity contribution < 1.29 is 34.4 Å². The second kappa shape index (κ2) is 19.3. The van der Waals surface area contributed by atoms with Crippen LogP contribution in [0.2, 0.25) is 0 Å². The number of hydrogen-bond acceptors (Lipinski definition) is 10. The molecule has 2 heterocycles. The molecule has 1 saturated carbocycles. The third-order valence-corrected chi connectivity index (χ3v) is 10.8. The fourth-order valence-electron chi connectivity index (χ4n) is 6.64. The first-order valence-corrected chi connectivity index (χ1v) is 20.5. The highest BCUT2D eigenvalue weighted by molar-refractivity contribution is 7.87. The Balaban J connectivity index is 1.01. The lowest BCUT2D eigenvalue weighted by Gasteiger charge is -2.39. The molecule has 56 heavy (non-hydrogen) atoms.